The molecule has 176 valence electrons. The lowest BCUT2D eigenvalue weighted by molar-refractivity contribution is 0.0698. The molecule has 0 aliphatic carbocycles. The maximum absolute atomic E-state index is 13.1. The van der Waals surface area contributed by atoms with E-state index in [0.717, 1.165) is 31.7 Å². The van der Waals surface area contributed by atoms with E-state index in [1.807, 2.05) is 47.4 Å². The molecule has 0 radical (unpaired) electrons. The van der Waals surface area contributed by atoms with Crippen molar-refractivity contribution < 1.29 is 19.1 Å². The average Bonchev–Trinajstić information content (AvgIpc) is 2.88. The lowest BCUT2D eigenvalue weighted by Crippen LogP contribution is -2.38. The third kappa shape index (κ3) is 6.16. The second-order valence-corrected chi connectivity index (χ2v) is 8.51. The van der Waals surface area contributed by atoms with Gasteiger partial charge in [0, 0.05) is 18.7 Å². The quantitative estimate of drug-likeness (QED) is 0.467. The first-order chi connectivity index (χ1) is 16.6. The van der Waals surface area contributed by atoms with Gasteiger partial charge in [-0.1, -0.05) is 43.3 Å². The summed E-state index contributed by atoms with van der Waals surface area (Å²) in [7, 11) is 0. The average molecular weight is 459 g/mol. The van der Waals surface area contributed by atoms with E-state index in [9.17, 15) is 9.59 Å². The highest BCUT2D eigenvalue weighted by Gasteiger charge is 2.23. The number of hydrogen-bond donors (Lipinski definition) is 1. The maximum atomic E-state index is 13.1. The molecular formula is C28H30N2O4. The van der Waals surface area contributed by atoms with Crippen LogP contribution in [0.3, 0.4) is 0 Å². The minimum Gasteiger partial charge on any atom is -0.490 e. The van der Waals surface area contributed by atoms with Crippen molar-refractivity contribution in [2.45, 2.75) is 19.8 Å². The Balaban J connectivity index is 1.36. The summed E-state index contributed by atoms with van der Waals surface area (Å²) in [4.78, 5) is 27.9. The molecule has 34 heavy (non-hydrogen) atoms. The largest absolute Gasteiger partial charge is 0.490 e. The molecule has 0 spiro atoms. The number of benzene rings is 3. The van der Waals surface area contributed by atoms with Crippen LogP contribution in [0.1, 0.15) is 40.5 Å². The van der Waals surface area contributed by atoms with Crippen molar-refractivity contribution >= 4 is 17.5 Å². The fourth-order valence-corrected chi connectivity index (χ4v) is 3.92. The van der Waals surface area contributed by atoms with Gasteiger partial charge in [0.2, 0.25) is 0 Å². The zero-order chi connectivity index (χ0) is 23.8. The SMILES string of the molecule is CC1CCN(C(=O)c2ccccc2NC(=O)c2cccc(OCCOc3ccccc3)c2)CC1. The smallest absolute Gasteiger partial charge is 0.255 e. The van der Waals surface area contributed by atoms with Crippen LogP contribution in [0.2, 0.25) is 0 Å². The standard InChI is InChI=1S/C28H30N2O4/c1-21-14-16-30(17-15-21)28(32)25-12-5-6-13-26(25)29-27(31)22-8-7-11-24(20-22)34-19-18-33-23-9-3-2-4-10-23/h2-13,20-21H,14-19H2,1H3,(H,29,31). The van der Waals surface area contributed by atoms with Gasteiger partial charge in [-0.2, -0.15) is 0 Å². The van der Waals surface area contributed by atoms with Crippen molar-refractivity contribution in [1.29, 1.82) is 0 Å². The fraction of sp³-hybridized carbons (Fsp3) is 0.286. The van der Waals surface area contributed by atoms with Crippen molar-refractivity contribution in [3.8, 4) is 11.5 Å². The van der Waals surface area contributed by atoms with Gasteiger partial charge in [0.1, 0.15) is 24.7 Å². The van der Waals surface area contributed by atoms with Crippen molar-refractivity contribution in [3.63, 3.8) is 0 Å². The number of nitrogens with one attached hydrogen (secondary N) is 1. The number of para-hydroxylation sites is 2. The molecule has 6 nitrogen and oxygen atoms in total. The topological polar surface area (TPSA) is 67.9 Å². The summed E-state index contributed by atoms with van der Waals surface area (Å²) in [5.74, 6) is 1.66. The second-order valence-electron chi connectivity index (χ2n) is 8.51. The van der Waals surface area contributed by atoms with E-state index in [4.69, 9.17) is 9.47 Å². The summed E-state index contributed by atoms with van der Waals surface area (Å²) in [5, 5.41) is 2.90. The van der Waals surface area contributed by atoms with Gasteiger partial charge in [0.25, 0.3) is 11.8 Å². The Hall–Kier alpha value is -3.80. The van der Waals surface area contributed by atoms with Crippen molar-refractivity contribution in [2.75, 3.05) is 31.6 Å². The Morgan fingerprint density at radius 1 is 0.853 bits per heavy atom. The van der Waals surface area contributed by atoms with Crippen molar-refractivity contribution in [3.05, 3.63) is 90.0 Å². The molecule has 0 aromatic heterocycles. The third-order valence-corrected chi connectivity index (χ3v) is 5.94. The van der Waals surface area contributed by atoms with Crippen LogP contribution in [-0.4, -0.2) is 43.0 Å². The minimum atomic E-state index is -0.293. The van der Waals surface area contributed by atoms with Crippen molar-refractivity contribution in [2.24, 2.45) is 5.92 Å². The van der Waals surface area contributed by atoms with Crippen LogP contribution in [-0.2, 0) is 0 Å². The first kappa shape index (κ1) is 23.4. The van der Waals surface area contributed by atoms with Gasteiger partial charge in [-0.15, -0.1) is 0 Å². The normalized spacial score (nSPS) is 13.9. The van der Waals surface area contributed by atoms with E-state index in [-0.39, 0.29) is 11.8 Å². The predicted molar refractivity (Wildman–Crippen MR) is 133 cm³/mol. The highest BCUT2D eigenvalue weighted by molar-refractivity contribution is 6.09. The number of amides is 2. The number of rotatable bonds is 8. The molecule has 1 aliphatic rings. The molecule has 0 atom stereocenters. The van der Waals surface area contributed by atoms with Crippen LogP contribution < -0.4 is 14.8 Å². The van der Waals surface area contributed by atoms with Gasteiger partial charge in [-0.3, -0.25) is 9.59 Å². The van der Waals surface area contributed by atoms with E-state index in [1.54, 1.807) is 36.4 Å². The molecule has 0 saturated carbocycles. The number of carbonyl (C=O) groups excluding carboxylic acids is 2. The van der Waals surface area contributed by atoms with E-state index >= 15 is 0 Å². The number of piperidine rings is 1. The van der Waals surface area contributed by atoms with Crippen LogP contribution in [0.5, 0.6) is 11.5 Å². The van der Waals surface area contributed by atoms with Crippen LogP contribution >= 0.6 is 0 Å². The number of nitrogens with zero attached hydrogens (tertiary/aromatic N) is 1. The Morgan fingerprint density at radius 3 is 2.26 bits per heavy atom. The Morgan fingerprint density at radius 2 is 1.50 bits per heavy atom. The van der Waals surface area contributed by atoms with Gasteiger partial charge in [-0.05, 0) is 61.2 Å². The molecule has 3 aromatic rings. The van der Waals surface area contributed by atoms with E-state index in [2.05, 4.69) is 12.2 Å². The van der Waals surface area contributed by atoms with Crippen LogP contribution in [0.15, 0.2) is 78.9 Å². The first-order valence-electron chi connectivity index (χ1n) is 11.7. The van der Waals surface area contributed by atoms with Crippen molar-refractivity contribution in [1.82, 2.24) is 4.90 Å². The fourth-order valence-electron chi connectivity index (χ4n) is 3.92. The lowest BCUT2D eigenvalue weighted by Gasteiger charge is -2.30. The molecule has 0 bridgehead atoms. The summed E-state index contributed by atoms with van der Waals surface area (Å²) in [6.07, 6.45) is 2.01. The van der Waals surface area contributed by atoms with Gasteiger partial charge in [-0.25, -0.2) is 0 Å². The van der Waals surface area contributed by atoms with E-state index in [0.29, 0.717) is 41.7 Å². The van der Waals surface area contributed by atoms with Gasteiger partial charge in [0.05, 0.1) is 11.3 Å². The zero-order valence-corrected chi connectivity index (χ0v) is 19.4. The van der Waals surface area contributed by atoms with Crippen LogP contribution in [0.25, 0.3) is 0 Å². The molecule has 1 heterocycles. The second kappa shape index (κ2) is 11.4. The zero-order valence-electron chi connectivity index (χ0n) is 19.4. The number of likely N-dealkylation sites (tertiary alicyclic amines) is 1. The maximum Gasteiger partial charge on any atom is 0.255 e. The molecule has 0 unspecified atom stereocenters. The summed E-state index contributed by atoms with van der Waals surface area (Å²) < 4.78 is 11.4. The first-order valence-corrected chi connectivity index (χ1v) is 11.7. The van der Waals surface area contributed by atoms with Crippen LogP contribution in [0, 0.1) is 5.92 Å². The number of anilines is 1. The third-order valence-electron chi connectivity index (χ3n) is 5.94. The molecule has 3 aromatic carbocycles. The summed E-state index contributed by atoms with van der Waals surface area (Å²) >= 11 is 0. The monoisotopic (exact) mass is 458 g/mol. The highest BCUT2D eigenvalue weighted by Crippen LogP contribution is 2.23. The Kier molecular flexibility index (Phi) is 7.81. The number of hydrogen-bond acceptors (Lipinski definition) is 4. The van der Waals surface area contributed by atoms with Gasteiger partial charge in [0.15, 0.2) is 0 Å². The molecule has 1 aliphatic heterocycles. The van der Waals surface area contributed by atoms with Gasteiger partial charge >= 0.3 is 0 Å². The van der Waals surface area contributed by atoms with E-state index < -0.39 is 0 Å². The molecule has 1 N–H and O–H groups in total. The molecule has 4 rings (SSSR count). The van der Waals surface area contributed by atoms with Gasteiger partial charge < -0.3 is 19.7 Å². The summed E-state index contributed by atoms with van der Waals surface area (Å²) in [6, 6.07) is 23.7. The highest BCUT2D eigenvalue weighted by atomic mass is 16.5. The Labute approximate surface area is 200 Å². The van der Waals surface area contributed by atoms with Crippen LogP contribution in [0.4, 0.5) is 5.69 Å². The predicted octanol–water partition coefficient (Wildman–Crippen LogP) is 5.27. The molecule has 1 saturated heterocycles. The summed E-state index contributed by atoms with van der Waals surface area (Å²) in [6.45, 7) is 4.45. The van der Waals surface area contributed by atoms with E-state index in [1.165, 1.54) is 0 Å². The Bertz CT molecular complexity index is 1110. The number of carbonyl (C=O) groups is 2. The molecule has 2 amide bonds. The molecular weight excluding hydrogens is 428 g/mol. The summed E-state index contributed by atoms with van der Waals surface area (Å²) in [5.41, 5.74) is 1.48. The molecule has 6 heteroatoms. The molecule has 1 fully saturated rings. The lowest BCUT2D eigenvalue weighted by atomic mass is 9.98. The minimum absolute atomic E-state index is 0.0432. The number of ether oxygens (including phenoxy) is 2.